The number of thioether (sulfide) groups is 1. The molecule has 1 unspecified atom stereocenters. The number of carbonyl (C=O) groups is 1. The van der Waals surface area contributed by atoms with Crippen molar-refractivity contribution in [3.63, 3.8) is 0 Å². The number of aliphatic hydroxyl groups is 1. The first kappa shape index (κ1) is 33.0. The Morgan fingerprint density at radius 2 is 2.03 bits per heavy atom. The standard InChI is InChI=1S/C15H17N3O4S.C4H4S2.2CH4.2H2O/c16-11-5-9(22-2-1-19)3-8-4-12(18-14(8)11)15-17-7-10(23-15)6-13(20)21;5-4-2-1-3-6-4;;;;/h3-5,10,18-19H,1-2,6-7,16H2,(H,20,21);1-3,5H;2*1H4;2*1H2. The van der Waals surface area contributed by atoms with Crippen LogP contribution in [0, 0.1) is 0 Å². The molecule has 0 fully saturated rings. The van der Waals surface area contributed by atoms with E-state index in [1.165, 1.54) is 11.8 Å². The minimum atomic E-state index is -0.814. The van der Waals surface area contributed by atoms with Crippen LogP contribution in [0.5, 0.6) is 5.75 Å². The Morgan fingerprint density at radius 1 is 1.30 bits per heavy atom. The summed E-state index contributed by atoms with van der Waals surface area (Å²) in [5.41, 5.74) is 8.20. The van der Waals surface area contributed by atoms with Crippen LogP contribution < -0.4 is 10.5 Å². The lowest BCUT2D eigenvalue weighted by molar-refractivity contribution is -0.136. The number of aliphatic hydroxyl groups excluding tert-OH is 1. The molecule has 1 aliphatic rings. The molecule has 0 spiro atoms. The summed E-state index contributed by atoms with van der Waals surface area (Å²) in [6, 6.07) is 9.42. The highest BCUT2D eigenvalue weighted by Gasteiger charge is 2.24. The number of carboxylic acid groups (broad SMARTS) is 1. The second-order valence-electron chi connectivity index (χ2n) is 6.17. The number of aromatic nitrogens is 1. The molecule has 1 aromatic carbocycles. The lowest BCUT2D eigenvalue weighted by Crippen LogP contribution is -2.10. The predicted molar refractivity (Wildman–Crippen MR) is 143 cm³/mol. The number of anilines is 1. The first-order valence-electron chi connectivity index (χ1n) is 8.78. The van der Waals surface area contributed by atoms with Crippen molar-refractivity contribution in [3.8, 4) is 5.75 Å². The van der Waals surface area contributed by atoms with Gasteiger partial charge in [-0.15, -0.1) is 24.0 Å². The van der Waals surface area contributed by atoms with Crippen LogP contribution >= 0.6 is 35.7 Å². The maximum absolute atomic E-state index is 10.8. The van der Waals surface area contributed by atoms with Gasteiger partial charge in [0.2, 0.25) is 0 Å². The summed E-state index contributed by atoms with van der Waals surface area (Å²) in [6.07, 6.45) is 0.0964. The largest absolute Gasteiger partial charge is 0.491 e. The van der Waals surface area contributed by atoms with Gasteiger partial charge in [0.1, 0.15) is 17.4 Å². The number of benzene rings is 1. The summed E-state index contributed by atoms with van der Waals surface area (Å²) in [4.78, 5) is 18.4. The van der Waals surface area contributed by atoms with Gasteiger partial charge in [0.15, 0.2) is 0 Å². The van der Waals surface area contributed by atoms with E-state index in [1.54, 1.807) is 17.4 Å². The average Bonchev–Trinajstić information content (AvgIpc) is 3.40. The summed E-state index contributed by atoms with van der Waals surface area (Å²) in [5, 5.41) is 21.3. The van der Waals surface area contributed by atoms with Crippen molar-refractivity contribution in [2.75, 3.05) is 25.5 Å². The van der Waals surface area contributed by atoms with E-state index in [-0.39, 0.29) is 50.7 Å². The number of nitrogens with one attached hydrogen (secondary N) is 1. The normalized spacial score (nSPS) is 13.8. The van der Waals surface area contributed by atoms with Gasteiger partial charge in [0.05, 0.1) is 40.7 Å². The third-order valence-electron chi connectivity index (χ3n) is 3.95. The van der Waals surface area contributed by atoms with Crippen molar-refractivity contribution in [1.29, 1.82) is 0 Å². The number of rotatable bonds is 6. The van der Waals surface area contributed by atoms with Gasteiger partial charge < -0.3 is 36.6 Å². The summed E-state index contributed by atoms with van der Waals surface area (Å²) < 4.78 is 6.47. The van der Waals surface area contributed by atoms with E-state index >= 15 is 0 Å². The molecule has 3 aromatic rings. The van der Waals surface area contributed by atoms with E-state index in [2.05, 4.69) is 22.6 Å². The first-order chi connectivity index (χ1) is 14.0. The number of hydrogen-bond donors (Lipinski definition) is 5. The molecule has 1 atom stereocenters. The maximum Gasteiger partial charge on any atom is 0.304 e. The SMILES string of the molecule is C.C.Nc1cc(OCCO)cc2cc(C3=NCC(CC(=O)O)S3)[nH]c12.O.O.Sc1cccs1. The Balaban J connectivity index is 0. The quantitative estimate of drug-likeness (QED) is 0.246. The molecule has 0 aliphatic carbocycles. The van der Waals surface area contributed by atoms with Crippen LogP contribution in [-0.4, -0.2) is 62.2 Å². The molecule has 9 N–H and O–H groups in total. The van der Waals surface area contributed by atoms with Gasteiger partial charge >= 0.3 is 5.97 Å². The fraction of sp³-hybridized carbons (Fsp3) is 0.333. The minimum absolute atomic E-state index is 0. The van der Waals surface area contributed by atoms with Gasteiger partial charge in [0, 0.05) is 16.7 Å². The number of H-pyrrole nitrogens is 1. The summed E-state index contributed by atoms with van der Waals surface area (Å²) >= 11 is 7.16. The van der Waals surface area contributed by atoms with E-state index in [0.29, 0.717) is 18.0 Å². The number of carboxylic acids is 1. The lowest BCUT2D eigenvalue weighted by Gasteiger charge is -2.05. The van der Waals surface area contributed by atoms with Crippen molar-refractivity contribution in [2.45, 2.75) is 30.7 Å². The van der Waals surface area contributed by atoms with Crippen LogP contribution in [0.25, 0.3) is 10.9 Å². The van der Waals surface area contributed by atoms with Crippen LogP contribution in [0.15, 0.2) is 44.9 Å². The molecule has 0 radical (unpaired) electrons. The summed E-state index contributed by atoms with van der Waals surface area (Å²) in [6.45, 7) is 0.651. The van der Waals surface area contributed by atoms with Crippen LogP contribution in [0.3, 0.4) is 0 Å². The molecule has 1 aliphatic heterocycles. The number of thiophene rings is 1. The van der Waals surface area contributed by atoms with Gasteiger partial charge in [0.25, 0.3) is 0 Å². The monoisotopic (exact) mass is 519 g/mol. The van der Waals surface area contributed by atoms with Gasteiger partial charge in [-0.3, -0.25) is 9.79 Å². The molecule has 12 heteroatoms. The van der Waals surface area contributed by atoms with E-state index < -0.39 is 5.97 Å². The zero-order valence-corrected chi connectivity index (χ0v) is 18.9. The number of nitrogen functional groups attached to an aromatic ring is 1. The van der Waals surface area contributed by atoms with Crippen molar-refractivity contribution >= 4 is 63.3 Å². The Kier molecular flexibility index (Phi) is 15.6. The average molecular weight is 520 g/mol. The zero-order chi connectivity index (χ0) is 20.8. The van der Waals surface area contributed by atoms with Gasteiger partial charge in [-0.25, -0.2) is 0 Å². The van der Waals surface area contributed by atoms with Crippen molar-refractivity contribution in [3.05, 3.63) is 41.4 Å². The van der Waals surface area contributed by atoms with E-state index in [0.717, 1.165) is 25.8 Å². The fourth-order valence-corrected chi connectivity index (χ4v) is 4.54. The Morgan fingerprint density at radius 3 is 2.58 bits per heavy atom. The lowest BCUT2D eigenvalue weighted by atomic mass is 10.2. The van der Waals surface area contributed by atoms with Crippen molar-refractivity contribution < 1.29 is 30.7 Å². The molecule has 2 aromatic heterocycles. The first-order valence-corrected chi connectivity index (χ1v) is 11.0. The topological polar surface area (TPSA) is 184 Å². The number of aromatic amines is 1. The Hall–Kier alpha value is -2.22. The molecule has 0 amide bonds. The number of thiol groups is 1. The number of nitrogens with zero attached hydrogens (tertiary/aromatic N) is 1. The molecule has 33 heavy (non-hydrogen) atoms. The third-order valence-corrected chi connectivity index (χ3v) is 6.31. The van der Waals surface area contributed by atoms with Gasteiger partial charge in [-0.1, -0.05) is 32.7 Å². The number of fused-ring (bicyclic) bond motifs is 1. The molecule has 4 rings (SSSR count). The molecule has 0 saturated carbocycles. The summed E-state index contributed by atoms with van der Waals surface area (Å²) in [7, 11) is 0. The fourth-order valence-electron chi connectivity index (χ4n) is 2.74. The Labute approximate surface area is 207 Å². The molecular weight excluding hydrogens is 486 g/mol. The van der Waals surface area contributed by atoms with E-state index in [1.807, 2.05) is 29.6 Å². The molecular formula is C21H33N3O6S3. The molecule has 0 bridgehead atoms. The molecule has 9 nitrogen and oxygen atoms in total. The van der Waals surface area contributed by atoms with Crippen molar-refractivity contribution in [2.24, 2.45) is 4.99 Å². The number of aliphatic carboxylic acids is 1. The Bertz CT molecular complexity index is 1010. The van der Waals surface area contributed by atoms with Crippen LogP contribution in [0.2, 0.25) is 0 Å². The van der Waals surface area contributed by atoms with E-state index in [4.69, 9.17) is 20.7 Å². The number of aliphatic imine (C=N–C) groups is 1. The highest BCUT2D eigenvalue weighted by atomic mass is 32.2. The maximum atomic E-state index is 10.8. The van der Waals surface area contributed by atoms with Crippen LogP contribution in [0.1, 0.15) is 27.0 Å². The second kappa shape index (κ2) is 15.6. The number of nitrogens with two attached hydrogens (primary N) is 1. The molecule has 0 saturated heterocycles. The molecule has 3 heterocycles. The van der Waals surface area contributed by atoms with Crippen molar-refractivity contribution in [1.82, 2.24) is 4.98 Å². The zero-order valence-electron chi connectivity index (χ0n) is 16.4. The summed E-state index contributed by atoms with van der Waals surface area (Å²) in [5.74, 6) is -0.218. The van der Waals surface area contributed by atoms with Crippen LogP contribution in [-0.2, 0) is 4.79 Å². The van der Waals surface area contributed by atoms with Gasteiger partial charge in [-0.2, -0.15) is 0 Å². The number of ether oxygens (including phenoxy) is 1. The van der Waals surface area contributed by atoms with E-state index in [9.17, 15) is 4.79 Å². The predicted octanol–water partition coefficient (Wildman–Crippen LogP) is 3.12. The highest BCUT2D eigenvalue weighted by Crippen LogP contribution is 2.32. The second-order valence-corrected chi connectivity index (χ2v) is 9.19. The van der Waals surface area contributed by atoms with Gasteiger partial charge in [-0.05, 0) is 23.6 Å². The minimum Gasteiger partial charge on any atom is -0.491 e. The smallest absolute Gasteiger partial charge is 0.304 e. The highest BCUT2D eigenvalue weighted by molar-refractivity contribution is 8.15. The van der Waals surface area contributed by atoms with Crippen LogP contribution in [0.4, 0.5) is 5.69 Å². The molecule has 186 valence electrons. The third kappa shape index (κ3) is 9.27. The number of hydrogen-bond acceptors (Lipinski definition) is 8.